The van der Waals surface area contributed by atoms with E-state index in [1.807, 2.05) is 18.2 Å². The number of hydrogen-bond donors (Lipinski definition) is 2. The third-order valence-corrected chi connectivity index (χ3v) is 8.28. The average molecular weight is 489 g/mol. The number of ether oxygens (including phenoxy) is 1. The first-order chi connectivity index (χ1) is 16.0. The summed E-state index contributed by atoms with van der Waals surface area (Å²) in [5, 5.41) is 22.9. The second-order valence-electron chi connectivity index (χ2n) is 8.26. The average Bonchev–Trinajstić information content (AvgIpc) is 3.09. The SMILES string of the molecule is COC(=O)CSCCCS[C@H]1C(=O)C[C@@H](O)[C@@H]1C=CC(O)CCc1ccc2ccccc2c1. The Morgan fingerprint density at radius 2 is 2.00 bits per heavy atom. The van der Waals surface area contributed by atoms with Crippen molar-refractivity contribution in [3.8, 4) is 0 Å². The molecule has 0 heterocycles. The summed E-state index contributed by atoms with van der Waals surface area (Å²) in [5.74, 6) is 1.50. The van der Waals surface area contributed by atoms with Crippen molar-refractivity contribution >= 4 is 46.0 Å². The van der Waals surface area contributed by atoms with Crippen LogP contribution < -0.4 is 0 Å². The minimum absolute atomic E-state index is 0.0648. The smallest absolute Gasteiger partial charge is 0.315 e. The van der Waals surface area contributed by atoms with Gasteiger partial charge in [-0.15, -0.1) is 11.8 Å². The van der Waals surface area contributed by atoms with Crippen LogP contribution in [0.2, 0.25) is 0 Å². The Hall–Kier alpha value is -1.80. The lowest BCUT2D eigenvalue weighted by Crippen LogP contribution is -2.22. The lowest BCUT2D eigenvalue weighted by atomic mass is 10.0. The second-order valence-corrected chi connectivity index (χ2v) is 10.6. The van der Waals surface area contributed by atoms with Crippen LogP contribution in [0.25, 0.3) is 10.8 Å². The molecule has 33 heavy (non-hydrogen) atoms. The Morgan fingerprint density at radius 1 is 1.21 bits per heavy atom. The number of thioether (sulfide) groups is 2. The molecule has 5 nitrogen and oxygen atoms in total. The fourth-order valence-electron chi connectivity index (χ4n) is 3.96. The van der Waals surface area contributed by atoms with E-state index in [-0.39, 0.29) is 29.3 Å². The highest BCUT2D eigenvalue weighted by Crippen LogP contribution is 2.34. The molecule has 0 saturated heterocycles. The van der Waals surface area contributed by atoms with E-state index < -0.39 is 12.2 Å². The maximum Gasteiger partial charge on any atom is 0.315 e. The molecule has 2 aromatic rings. The Kier molecular flexibility index (Phi) is 10.3. The molecule has 0 amide bonds. The maximum atomic E-state index is 12.4. The van der Waals surface area contributed by atoms with Gasteiger partial charge in [-0.1, -0.05) is 54.6 Å². The van der Waals surface area contributed by atoms with Crippen molar-refractivity contribution in [3.63, 3.8) is 0 Å². The molecule has 0 bridgehead atoms. The predicted octanol–water partition coefficient (Wildman–Crippen LogP) is 4.04. The van der Waals surface area contributed by atoms with Gasteiger partial charge < -0.3 is 14.9 Å². The molecule has 1 saturated carbocycles. The fraction of sp³-hybridized carbons (Fsp3) is 0.462. The number of esters is 1. The topological polar surface area (TPSA) is 83.8 Å². The molecule has 2 N–H and O–H groups in total. The van der Waals surface area contributed by atoms with Crippen LogP contribution in [0.3, 0.4) is 0 Å². The van der Waals surface area contributed by atoms with E-state index in [9.17, 15) is 19.8 Å². The van der Waals surface area contributed by atoms with Gasteiger partial charge in [0.05, 0.1) is 30.3 Å². The molecule has 0 spiro atoms. The highest BCUT2D eigenvalue weighted by Gasteiger charge is 2.40. The normalized spacial score (nSPS) is 21.7. The van der Waals surface area contributed by atoms with Crippen molar-refractivity contribution in [1.29, 1.82) is 0 Å². The van der Waals surface area contributed by atoms with E-state index in [0.717, 1.165) is 24.3 Å². The number of aliphatic hydroxyl groups excluding tert-OH is 2. The van der Waals surface area contributed by atoms with Gasteiger partial charge in [0.15, 0.2) is 0 Å². The van der Waals surface area contributed by atoms with Crippen LogP contribution in [0.5, 0.6) is 0 Å². The monoisotopic (exact) mass is 488 g/mol. The zero-order valence-corrected chi connectivity index (χ0v) is 20.5. The number of benzene rings is 2. The first-order valence-corrected chi connectivity index (χ1v) is 13.5. The highest BCUT2D eigenvalue weighted by atomic mass is 32.2. The lowest BCUT2D eigenvalue weighted by molar-refractivity contribution is -0.137. The fourth-order valence-corrected chi connectivity index (χ4v) is 6.26. The summed E-state index contributed by atoms with van der Waals surface area (Å²) in [4.78, 5) is 23.5. The Morgan fingerprint density at radius 3 is 2.79 bits per heavy atom. The predicted molar refractivity (Wildman–Crippen MR) is 137 cm³/mol. The lowest BCUT2D eigenvalue weighted by Gasteiger charge is -2.17. The molecule has 4 atom stereocenters. The van der Waals surface area contributed by atoms with Crippen LogP contribution in [-0.4, -0.2) is 63.8 Å². The summed E-state index contributed by atoms with van der Waals surface area (Å²) >= 11 is 3.08. The summed E-state index contributed by atoms with van der Waals surface area (Å²) in [6.07, 6.45) is 4.60. The van der Waals surface area contributed by atoms with Gasteiger partial charge in [0, 0.05) is 12.3 Å². The number of Topliss-reactive ketones (excluding diaryl/α,β-unsaturated/α-hetero) is 1. The van der Waals surface area contributed by atoms with Crippen molar-refractivity contribution in [2.24, 2.45) is 5.92 Å². The van der Waals surface area contributed by atoms with Gasteiger partial charge in [-0.3, -0.25) is 9.59 Å². The molecule has 7 heteroatoms. The molecule has 1 unspecified atom stereocenters. The number of aliphatic hydroxyl groups is 2. The summed E-state index contributed by atoms with van der Waals surface area (Å²) in [5.41, 5.74) is 1.18. The largest absolute Gasteiger partial charge is 0.468 e. The first-order valence-electron chi connectivity index (χ1n) is 11.3. The van der Waals surface area contributed by atoms with Gasteiger partial charge >= 0.3 is 5.97 Å². The van der Waals surface area contributed by atoms with E-state index in [1.165, 1.54) is 35.2 Å². The minimum Gasteiger partial charge on any atom is -0.468 e. The Bertz CT molecular complexity index is 961. The summed E-state index contributed by atoms with van der Waals surface area (Å²) in [6, 6.07) is 14.6. The summed E-state index contributed by atoms with van der Waals surface area (Å²) in [7, 11) is 1.38. The molecule has 0 radical (unpaired) electrons. The molecule has 0 aromatic heterocycles. The molecule has 1 fully saturated rings. The van der Waals surface area contributed by atoms with E-state index in [0.29, 0.717) is 12.2 Å². The van der Waals surface area contributed by atoms with Crippen molar-refractivity contribution in [3.05, 3.63) is 60.2 Å². The summed E-state index contributed by atoms with van der Waals surface area (Å²) in [6.45, 7) is 0. The molecule has 3 rings (SSSR count). The van der Waals surface area contributed by atoms with Crippen LogP contribution in [0, 0.1) is 5.92 Å². The molecular formula is C26H32O5S2. The van der Waals surface area contributed by atoms with Gasteiger partial charge in [0.25, 0.3) is 0 Å². The Balaban J connectivity index is 1.45. The number of ketones is 1. The highest BCUT2D eigenvalue weighted by molar-refractivity contribution is 8.01. The molecule has 0 aliphatic heterocycles. The standard InChI is InChI=1S/C26H32O5S2/c1-31-25(30)17-32-13-4-14-33-26-22(23(28)16-24(26)29)12-11-21(27)10-8-18-7-9-19-5-2-3-6-20(19)15-18/h2-3,5-7,9,11-12,15,21-23,26-28H,4,8,10,13-14,16-17H2,1H3/t21?,22-,23+,26+/m0/s1. The quantitative estimate of drug-likeness (QED) is 0.265. The van der Waals surface area contributed by atoms with Crippen molar-refractivity contribution < 1.29 is 24.5 Å². The number of hydrogen-bond acceptors (Lipinski definition) is 7. The van der Waals surface area contributed by atoms with Gasteiger partial charge in [-0.25, -0.2) is 0 Å². The van der Waals surface area contributed by atoms with E-state index >= 15 is 0 Å². The number of fused-ring (bicyclic) bond motifs is 1. The molecule has 1 aliphatic carbocycles. The Labute approximate surface area is 204 Å². The van der Waals surface area contributed by atoms with Crippen LogP contribution in [0.4, 0.5) is 0 Å². The maximum absolute atomic E-state index is 12.4. The second kappa shape index (κ2) is 13.2. The molecule has 1 aliphatic rings. The third-order valence-electron chi connectivity index (χ3n) is 5.80. The van der Waals surface area contributed by atoms with Crippen LogP contribution in [-0.2, 0) is 20.7 Å². The summed E-state index contributed by atoms with van der Waals surface area (Å²) < 4.78 is 4.62. The van der Waals surface area contributed by atoms with Crippen LogP contribution in [0.1, 0.15) is 24.8 Å². The van der Waals surface area contributed by atoms with Crippen molar-refractivity contribution in [2.75, 3.05) is 24.4 Å². The van der Waals surface area contributed by atoms with Gasteiger partial charge in [-0.05, 0) is 47.1 Å². The van der Waals surface area contributed by atoms with Crippen molar-refractivity contribution in [2.45, 2.75) is 43.1 Å². The minimum atomic E-state index is -0.701. The van der Waals surface area contributed by atoms with E-state index in [4.69, 9.17) is 0 Å². The zero-order chi connectivity index (χ0) is 23.6. The number of carbonyl (C=O) groups is 2. The van der Waals surface area contributed by atoms with E-state index in [1.54, 1.807) is 17.8 Å². The van der Waals surface area contributed by atoms with Crippen molar-refractivity contribution in [1.82, 2.24) is 0 Å². The number of rotatable bonds is 12. The molecule has 2 aromatic carbocycles. The van der Waals surface area contributed by atoms with Gasteiger partial charge in [-0.2, -0.15) is 11.8 Å². The van der Waals surface area contributed by atoms with Crippen LogP contribution in [0.15, 0.2) is 54.6 Å². The zero-order valence-electron chi connectivity index (χ0n) is 18.9. The van der Waals surface area contributed by atoms with Gasteiger partial charge in [0.1, 0.15) is 5.78 Å². The number of methoxy groups -OCH3 is 1. The van der Waals surface area contributed by atoms with E-state index in [2.05, 4.69) is 35.1 Å². The number of aryl methyl sites for hydroxylation is 1. The van der Waals surface area contributed by atoms with Gasteiger partial charge in [0.2, 0.25) is 0 Å². The number of carbonyl (C=O) groups excluding carboxylic acids is 2. The molecule has 178 valence electrons. The first kappa shape index (κ1) is 25.8. The van der Waals surface area contributed by atoms with Crippen LogP contribution >= 0.6 is 23.5 Å². The molecular weight excluding hydrogens is 456 g/mol. The third kappa shape index (κ3) is 7.88.